The van der Waals surface area contributed by atoms with E-state index >= 15 is 8.78 Å². The van der Waals surface area contributed by atoms with Crippen LogP contribution in [0.4, 0.5) is 14.5 Å². The molecule has 1 saturated carbocycles. The van der Waals surface area contributed by atoms with Crippen molar-refractivity contribution < 1.29 is 23.4 Å². The molecule has 7 heteroatoms. The highest BCUT2D eigenvalue weighted by atomic mass is 19.3. The van der Waals surface area contributed by atoms with E-state index in [-0.39, 0.29) is 29.8 Å². The summed E-state index contributed by atoms with van der Waals surface area (Å²) in [4.78, 5) is 13.5. The number of hydrogen-bond donors (Lipinski definition) is 2. The molecule has 2 aromatic rings. The molecule has 4 rings (SSSR count). The lowest BCUT2D eigenvalue weighted by atomic mass is 9.90. The standard InChI is InChI=1S/C28H36F2N2O3/c1-5-21(35-6-2)14-24(19-9-11-20(12-10-19)27(33)34)32(4)15-23-22(18-7-8-18)13-17(3)26-25(23)28(29,30)16-31-26/h9-13,18,21,24,31H,5-8,14-16H2,1-4H3,(H,33,34)/t21-,24-/m0/s1. The molecule has 190 valence electrons. The summed E-state index contributed by atoms with van der Waals surface area (Å²) in [5, 5.41) is 12.3. The first-order valence-corrected chi connectivity index (χ1v) is 12.6. The number of hydrogen-bond acceptors (Lipinski definition) is 4. The van der Waals surface area contributed by atoms with Crippen LogP contribution in [0.3, 0.4) is 0 Å². The summed E-state index contributed by atoms with van der Waals surface area (Å²) in [5.41, 5.74) is 4.58. The van der Waals surface area contributed by atoms with Gasteiger partial charge < -0.3 is 15.2 Å². The third kappa shape index (κ3) is 5.36. The molecule has 2 N–H and O–H groups in total. The second kappa shape index (κ2) is 10.2. The minimum atomic E-state index is -2.91. The van der Waals surface area contributed by atoms with Crippen molar-refractivity contribution in [1.82, 2.24) is 4.90 Å². The van der Waals surface area contributed by atoms with Crippen LogP contribution in [0, 0.1) is 6.92 Å². The lowest BCUT2D eigenvalue weighted by Gasteiger charge is -2.33. The van der Waals surface area contributed by atoms with Crippen molar-refractivity contribution in [3.8, 4) is 0 Å². The van der Waals surface area contributed by atoms with Crippen LogP contribution in [0.1, 0.15) is 89.7 Å². The highest BCUT2D eigenvalue weighted by Crippen LogP contribution is 2.50. The van der Waals surface area contributed by atoms with Crippen LogP contribution in [0.25, 0.3) is 0 Å². The number of anilines is 1. The van der Waals surface area contributed by atoms with E-state index in [0.717, 1.165) is 41.5 Å². The zero-order valence-corrected chi connectivity index (χ0v) is 21.0. The lowest BCUT2D eigenvalue weighted by Crippen LogP contribution is -2.30. The fourth-order valence-corrected chi connectivity index (χ4v) is 5.35. The van der Waals surface area contributed by atoms with Crippen molar-refractivity contribution >= 4 is 11.7 Å². The fraction of sp³-hybridized carbons (Fsp3) is 0.536. The van der Waals surface area contributed by atoms with Gasteiger partial charge in [0, 0.05) is 24.9 Å². The molecule has 1 fully saturated rings. The highest BCUT2D eigenvalue weighted by Gasteiger charge is 2.44. The predicted molar refractivity (Wildman–Crippen MR) is 133 cm³/mol. The molecule has 0 unspecified atom stereocenters. The van der Waals surface area contributed by atoms with E-state index in [1.807, 2.05) is 33.0 Å². The van der Waals surface area contributed by atoms with Gasteiger partial charge in [-0.05, 0) is 86.9 Å². The molecule has 35 heavy (non-hydrogen) atoms. The number of carboxylic acids is 1. The van der Waals surface area contributed by atoms with Crippen LogP contribution in [0.15, 0.2) is 30.3 Å². The number of fused-ring (bicyclic) bond motifs is 1. The van der Waals surface area contributed by atoms with Gasteiger partial charge >= 0.3 is 5.97 Å². The van der Waals surface area contributed by atoms with Crippen molar-refractivity contribution in [1.29, 1.82) is 0 Å². The highest BCUT2D eigenvalue weighted by molar-refractivity contribution is 5.87. The minimum absolute atomic E-state index is 0.0151. The summed E-state index contributed by atoms with van der Waals surface area (Å²) in [6, 6.07) is 8.87. The maximum absolute atomic E-state index is 15.1. The van der Waals surface area contributed by atoms with Crippen molar-refractivity contribution in [2.45, 2.75) is 77.0 Å². The molecule has 1 heterocycles. The Hall–Kier alpha value is -2.51. The number of rotatable bonds is 11. The first-order chi connectivity index (χ1) is 16.7. The Labute approximate surface area is 206 Å². The van der Waals surface area contributed by atoms with Gasteiger partial charge in [-0.2, -0.15) is 8.78 Å². The Morgan fingerprint density at radius 2 is 1.94 bits per heavy atom. The van der Waals surface area contributed by atoms with Crippen molar-refractivity contribution in [3.05, 3.63) is 63.7 Å². The average molecular weight is 487 g/mol. The van der Waals surface area contributed by atoms with Crippen LogP contribution in [0.5, 0.6) is 0 Å². The maximum atomic E-state index is 15.1. The molecule has 2 aliphatic rings. The zero-order valence-electron chi connectivity index (χ0n) is 21.0. The molecular formula is C28H36F2N2O3. The second-order valence-corrected chi connectivity index (χ2v) is 9.92. The fourth-order valence-electron chi connectivity index (χ4n) is 5.35. The number of aromatic carboxylic acids is 1. The molecule has 2 atom stereocenters. The van der Waals surface area contributed by atoms with Gasteiger partial charge in [0.15, 0.2) is 0 Å². The molecule has 2 aromatic carbocycles. The van der Waals surface area contributed by atoms with Gasteiger partial charge in [-0.3, -0.25) is 4.90 Å². The molecule has 0 radical (unpaired) electrons. The Kier molecular flexibility index (Phi) is 7.48. The number of carbonyl (C=O) groups is 1. The molecule has 0 aromatic heterocycles. The zero-order chi connectivity index (χ0) is 25.3. The summed E-state index contributed by atoms with van der Waals surface area (Å²) in [6.45, 7) is 6.58. The van der Waals surface area contributed by atoms with Crippen LogP contribution in [-0.4, -0.2) is 42.3 Å². The number of halogens is 2. The van der Waals surface area contributed by atoms with Gasteiger partial charge in [-0.1, -0.05) is 25.1 Å². The first kappa shape index (κ1) is 25.6. The number of aryl methyl sites for hydroxylation is 1. The summed E-state index contributed by atoms with van der Waals surface area (Å²) < 4.78 is 36.2. The number of alkyl halides is 2. The minimum Gasteiger partial charge on any atom is -0.478 e. The summed E-state index contributed by atoms with van der Waals surface area (Å²) in [7, 11) is 1.97. The lowest BCUT2D eigenvalue weighted by molar-refractivity contribution is 0.0155. The molecule has 0 saturated heterocycles. The second-order valence-electron chi connectivity index (χ2n) is 9.92. The van der Waals surface area contributed by atoms with Gasteiger partial charge in [0.25, 0.3) is 5.92 Å². The largest absolute Gasteiger partial charge is 0.478 e. The third-order valence-electron chi connectivity index (χ3n) is 7.36. The number of benzene rings is 2. The number of carboxylic acid groups (broad SMARTS) is 1. The van der Waals surface area contributed by atoms with Crippen LogP contribution < -0.4 is 5.32 Å². The quantitative estimate of drug-likeness (QED) is 0.381. The van der Waals surface area contributed by atoms with Crippen molar-refractivity contribution in [2.75, 3.05) is 25.5 Å². The van der Waals surface area contributed by atoms with E-state index in [1.165, 1.54) is 0 Å². The number of nitrogens with zero attached hydrogens (tertiary/aromatic N) is 1. The Morgan fingerprint density at radius 3 is 2.51 bits per heavy atom. The van der Waals surface area contributed by atoms with Crippen molar-refractivity contribution in [3.63, 3.8) is 0 Å². The molecule has 1 aliphatic heterocycles. The number of nitrogens with one attached hydrogen (secondary N) is 1. The summed E-state index contributed by atoms with van der Waals surface area (Å²) >= 11 is 0. The maximum Gasteiger partial charge on any atom is 0.335 e. The van der Waals surface area contributed by atoms with E-state index in [2.05, 4.69) is 23.2 Å². The molecule has 0 amide bonds. The predicted octanol–water partition coefficient (Wildman–Crippen LogP) is 6.47. The van der Waals surface area contributed by atoms with Gasteiger partial charge in [0.05, 0.1) is 23.8 Å². The Bertz CT molecular complexity index is 1070. The third-order valence-corrected chi connectivity index (χ3v) is 7.36. The normalized spacial score (nSPS) is 18.3. The molecule has 5 nitrogen and oxygen atoms in total. The first-order valence-electron chi connectivity index (χ1n) is 12.6. The van der Waals surface area contributed by atoms with E-state index < -0.39 is 11.9 Å². The van der Waals surface area contributed by atoms with E-state index in [0.29, 0.717) is 31.2 Å². The SMILES string of the molecule is CCO[C@@H](CC)C[C@@H](c1ccc(C(=O)O)cc1)N(C)Cc1c(C2CC2)cc(C)c2c1C(F)(F)CN2. The van der Waals surface area contributed by atoms with E-state index in [9.17, 15) is 9.90 Å². The van der Waals surface area contributed by atoms with Gasteiger partial charge in [0.1, 0.15) is 0 Å². The monoisotopic (exact) mass is 486 g/mol. The van der Waals surface area contributed by atoms with Gasteiger partial charge in [-0.25, -0.2) is 4.79 Å². The summed E-state index contributed by atoms with van der Waals surface area (Å²) in [6.07, 6.45) is 3.61. The topological polar surface area (TPSA) is 61.8 Å². The van der Waals surface area contributed by atoms with Crippen LogP contribution in [-0.2, 0) is 17.2 Å². The number of ether oxygens (including phenoxy) is 1. The van der Waals surface area contributed by atoms with E-state index in [4.69, 9.17) is 4.74 Å². The molecular weight excluding hydrogens is 450 g/mol. The van der Waals surface area contributed by atoms with Crippen molar-refractivity contribution in [2.24, 2.45) is 0 Å². The molecule has 0 bridgehead atoms. The van der Waals surface area contributed by atoms with Gasteiger partial charge in [-0.15, -0.1) is 0 Å². The average Bonchev–Trinajstić information content (AvgIpc) is 3.61. The Balaban J connectivity index is 1.72. The molecule has 0 spiro atoms. The van der Waals surface area contributed by atoms with Crippen LogP contribution in [0.2, 0.25) is 0 Å². The smallest absolute Gasteiger partial charge is 0.335 e. The van der Waals surface area contributed by atoms with E-state index in [1.54, 1.807) is 12.1 Å². The Morgan fingerprint density at radius 1 is 1.26 bits per heavy atom. The van der Waals surface area contributed by atoms with Gasteiger partial charge in [0.2, 0.25) is 0 Å². The van der Waals surface area contributed by atoms with Crippen LogP contribution >= 0.6 is 0 Å². The summed E-state index contributed by atoms with van der Waals surface area (Å²) in [5.74, 6) is -3.53. The molecule has 1 aliphatic carbocycles.